The summed E-state index contributed by atoms with van der Waals surface area (Å²) in [7, 11) is 1.52. The number of benzene rings is 1. The van der Waals surface area contributed by atoms with Gasteiger partial charge in [-0.05, 0) is 43.5 Å². The smallest absolute Gasteiger partial charge is 0.401 e. The van der Waals surface area contributed by atoms with Gasteiger partial charge in [0.25, 0.3) is 5.91 Å². The van der Waals surface area contributed by atoms with Crippen LogP contribution in [0.1, 0.15) is 23.2 Å². The molecule has 0 spiro atoms. The van der Waals surface area contributed by atoms with Gasteiger partial charge in [0.15, 0.2) is 0 Å². The first-order chi connectivity index (χ1) is 10.9. The monoisotopic (exact) mass is 330 g/mol. The molecule has 1 atom stereocenters. The van der Waals surface area contributed by atoms with Crippen molar-refractivity contribution in [1.82, 2.24) is 10.2 Å². The van der Waals surface area contributed by atoms with Gasteiger partial charge in [0.2, 0.25) is 0 Å². The predicted octanol–water partition coefficient (Wildman–Crippen LogP) is 2.70. The first-order valence-electron chi connectivity index (χ1n) is 7.59. The lowest BCUT2D eigenvalue weighted by Crippen LogP contribution is -2.44. The molecule has 1 heterocycles. The van der Waals surface area contributed by atoms with Crippen molar-refractivity contribution in [2.75, 3.05) is 33.3 Å². The van der Waals surface area contributed by atoms with E-state index >= 15 is 0 Å². The third-order valence-corrected chi connectivity index (χ3v) is 3.89. The fourth-order valence-corrected chi connectivity index (χ4v) is 2.82. The Morgan fingerprint density at radius 1 is 1.43 bits per heavy atom. The van der Waals surface area contributed by atoms with Crippen molar-refractivity contribution in [2.45, 2.75) is 19.0 Å². The largest absolute Gasteiger partial charge is 0.497 e. The molecule has 0 aromatic heterocycles. The first-order valence-corrected chi connectivity index (χ1v) is 7.59. The average Bonchev–Trinajstić information content (AvgIpc) is 2.51. The Morgan fingerprint density at radius 2 is 2.22 bits per heavy atom. The van der Waals surface area contributed by atoms with E-state index in [9.17, 15) is 18.0 Å². The Morgan fingerprint density at radius 3 is 2.91 bits per heavy atom. The molecule has 128 valence electrons. The average molecular weight is 330 g/mol. The quantitative estimate of drug-likeness (QED) is 0.902. The van der Waals surface area contributed by atoms with Crippen LogP contribution in [0.2, 0.25) is 0 Å². The zero-order chi connectivity index (χ0) is 16.9. The molecule has 1 aliphatic rings. The zero-order valence-corrected chi connectivity index (χ0v) is 13.0. The molecule has 0 saturated carbocycles. The lowest BCUT2D eigenvalue weighted by atomic mass is 9.98. The minimum atomic E-state index is -4.17. The number of piperidine rings is 1. The third-order valence-electron chi connectivity index (χ3n) is 3.89. The fourth-order valence-electron chi connectivity index (χ4n) is 2.82. The highest BCUT2D eigenvalue weighted by atomic mass is 19.4. The van der Waals surface area contributed by atoms with E-state index in [1.54, 1.807) is 24.3 Å². The maximum Gasteiger partial charge on any atom is 0.401 e. The molecule has 0 bridgehead atoms. The van der Waals surface area contributed by atoms with Crippen molar-refractivity contribution in [3.05, 3.63) is 29.8 Å². The van der Waals surface area contributed by atoms with Gasteiger partial charge >= 0.3 is 6.18 Å². The molecule has 1 saturated heterocycles. The van der Waals surface area contributed by atoms with Gasteiger partial charge in [-0.25, -0.2) is 0 Å². The highest BCUT2D eigenvalue weighted by molar-refractivity contribution is 5.94. The van der Waals surface area contributed by atoms with E-state index < -0.39 is 12.7 Å². The number of nitrogens with zero attached hydrogens (tertiary/aromatic N) is 1. The number of amides is 1. The summed E-state index contributed by atoms with van der Waals surface area (Å²) in [6.07, 6.45) is -2.63. The molecule has 7 heteroatoms. The van der Waals surface area contributed by atoms with Crippen LogP contribution >= 0.6 is 0 Å². The second-order valence-corrected chi connectivity index (χ2v) is 5.80. The zero-order valence-electron chi connectivity index (χ0n) is 13.0. The lowest BCUT2D eigenvalue weighted by Gasteiger charge is -2.33. The van der Waals surface area contributed by atoms with Crippen molar-refractivity contribution in [2.24, 2.45) is 5.92 Å². The van der Waals surface area contributed by atoms with Gasteiger partial charge in [-0.3, -0.25) is 9.69 Å². The van der Waals surface area contributed by atoms with Crippen molar-refractivity contribution in [3.63, 3.8) is 0 Å². The fraction of sp³-hybridized carbons (Fsp3) is 0.562. The van der Waals surface area contributed by atoms with Crippen molar-refractivity contribution in [3.8, 4) is 5.75 Å². The van der Waals surface area contributed by atoms with Gasteiger partial charge in [0.05, 0.1) is 13.7 Å². The summed E-state index contributed by atoms with van der Waals surface area (Å²) < 4.78 is 42.4. The number of methoxy groups -OCH3 is 1. The molecule has 4 nitrogen and oxygen atoms in total. The Bertz CT molecular complexity index is 534. The Hall–Kier alpha value is -1.76. The van der Waals surface area contributed by atoms with E-state index in [4.69, 9.17) is 4.74 Å². The van der Waals surface area contributed by atoms with Gasteiger partial charge in [0.1, 0.15) is 5.75 Å². The number of ether oxygens (including phenoxy) is 1. The van der Waals surface area contributed by atoms with E-state index in [-0.39, 0.29) is 11.8 Å². The van der Waals surface area contributed by atoms with E-state index in [1.807, 2.05) is 0 Å². The topological polar surface area (TPSA) is 41.6 Å². The summed E-state index contributed by atoms with van der Waals surface area (Å²) in [6, 6.07) is 6.77. The molecular weight excluding hydrogens is 309 g/mol. The van der Waals surface area contributed by atoms with Crippen LogP contribution in [0.25, 0.3) is 0 Å². The summed E-state index contributed by atoms with van der Waals surface area (Å²) in [6.45, 7) is 0.315. The van der Waals surface area contributed by atoms with Crippen LogP contribution in [-0.4, -0.2) is 50.3 Å². The summed E-state index contributed by atoms with van der Waals surface area (Å²) in [5, 5.41) is 2.80. The van der Waals surface area contributed by atoms with Crippen molar-refractivity contribution < 1.29 is 22.7 Å². The molecule has 1 aliphatic heterocycles. The second kappa shape index (κ2) is 7.68. The Kier molecular flexibility index (Phi) is 5.87. The Labute approximate surface area is 133 Å². The predicted molar refractivity (Wildman–Crippen MR) is 80.5 cm³/mol. The molecule has 1 aromatic carbocycles. The summed E-state index contributed by atoms with van der Waals surface area (Å²) >= 11 is 0. The molecule has 1 aromatic rings. The summed E-state index contributed by atoms with van der Waals surface area (Å²) in [4.78, 5) is 13.5. The number of hydrogen-bond acceptors (Lipinski definition) is 3. The number of alkyl halides is 3. The second-order valence-electron chi connectivity index (χ2n) is 5.80. The maximum absolute atomic E-state index is 12.5. The van der Waals surface area contributed by atoms with Crippen molar-refractivity contribution >= 4 is 5.91 Å². The van der Waals surface area contributed by atoms with Crippen LogP contribution < -0.4 is 10.1 Å². The standard InChI is InChI=1S/C16H21F3N2O2/c1-23-14-6-2-5-13(8-14)15(22)20-9-12-4-3-7-21(10-12)11-16(17,18)19/h2,5-6,8,12H,3-4,7,9-11H2,1H3,(H,20,22). The number of hydrogen-bond donors (Lipinski definition) is 1. The van der Waals surface area contributed by atoms with Crippen LogP contribution in [0.15, 0.2) is 24.3 Å². The number of carbonyl (C=O) groups excluding carboxylic acids is 1. The number of halogens is 3. The van der Waals surface area contributed by atoms with Gasteiger partial charge in [-0.2, -0.15) is 13.2 Å². The Balaban J connectivity index is 1.83. The third kappa shape index (κ3) is 5.74. The summed E-state index contributed by atoms with van der Waals surface area (Å²) in [5.74, 6) is 0.393. The molecule has 0 radical (unpaired) electrons. The van der Waals surface area contributed by atoms with E-state index in [2.05, 4.69) is 5.32 Å². The van der Waals surface area contributed by atoms with Gasteiger partial charge in [-0.15, -0.1) is 0 Å². The number of likely N-dealkylation sites (tertiary alicyclic amines) is 1. The molecule has 1 N–H and O–H groups in total. The van der Waals surface area contributed by atoms with Crippen LogP contribution in [0.3, 0.4) is 0 Å². The number of rotatable bonds is 5. The molecule has 1 fully saturated rings. The van der Waals surface area contributed by atoms with Crippen molar-refractivity contribution in [1.29, 1.82) is 0 Å². The molecule has 2 rings (SSSR count). The highest BCUT2D eigenvalue weighted by Crippen LogP contribution is 2.22. The number of nitrogens with one attached hydrogen (secondary N) is 1. The highest BCUT2D eigenvalue weighted by Gasteiger charge is 2.33. The van der Waals surface area contributed by atoms with Crippen LogP contribution in [0, 0.1) is 5.92 Å². The van der Waals surface area contributed by atoms with Gasteiger partial charge < -0.3 is 10.1 Å². The van der Waals surface area contributed by atoms with Gasteiger partial charge in [0, 0.05) is 18.7 Å². The lowest BCUT2D eigenvalue weighted by molar-refractivity contribution is -0.149. The molecule has 1 amide bonds. The maximum atomic E-state index is 12.5. The van der Waals surface area contributed by atoms with Crippen LogP contribution in [0.4, 0.5) is 13.2 Å². The van der Waals surface area contributed by atoms with Crippen LogP contribution in [-0.2, 0) is 0 Å². The van der Waals surface area contributed by atoms with Crippen LogP contribution in [0.5, 0.6) is 5.75 Å². The van der Waals surface area contributed by atoms with E-state index in [1.165, 1.54) is 12.0 Å². The summed E-state index contributed by atoms with van der Waals surface area (Å²) in [5.41, 5.74) is 0.479. The first kappa shape index (κ1) is 17.6. The normalized spacial score (nSPS) is 19.4. The molecule has 0 aliphatic carbocycles. The minimum absolute atomic E-state index is 0.0423. The van der Waals surface area contributed by atoms with Gasteiger partial charge in [-0.1, -0.05) is 6.07 Å². The van der Waals surface area contributed by atoms with E-state index in [0.717, 1.165) is 12.8 Å². The molecule has 23 heavy (non-hydrogen) atoms. The SMILES string of the molecule is COc1cccc(C(=O)NCC2CCCN(CC(F)(F)F)C2)c1. The van der Waals surface area contributed by atoms with E-state index in [0.29, 0.717) is 30.9 Å². The molecule has 1 unspecified atom stereocenters. The number of carbonyl (C=O) groups is 1. The minimum Gasteiger partial charge on any atom is -0.497 e. The molecular formula is C16H21F3N2O2.